The van der Waals surface area contributed by atoms with Crippen molar-refractivity contribution in [1.82, 2.24) is 0 Å². The lowest BCUT2D eigenvalue weighted by Gasteiger charge is -2.25. The molecule has 0 unspecified atom stereocenters. The molecule has 0 aromatic heterocycles. The third-order valence-corrected chi connectivity index (χ3v) is 2.65. The SMILES string of the molecule is Cc1ccc(NC(C)(C)CO)c(Br)c1. The monoisotopic (exact) mass is 257 g/mol. The van der Waals surface area contributed by atoms with Crippen molar-refractivity contribution in [3.63, 3.8) is 0 Å². The Morgan fingerprint density at radius 1 is 1.43 bits per heavy atom. The van der Waals surface area contributed by atoms with Crippen LogP contribution in [-0.2, 0) is 0 Å². The minimum absolute atomic E-state index is 0.104. The van der Waals surface area contributed by atoms with Crippen LogP contribution in [0.2, 0.25) is 0 Å². The van der Waals surface area contributed by atoms with Crippen molar-refractivity contribution >= 4 is 21.6 Å². The molecule has 0 aliphatic heterocycles. The molecule has 1 rings (SSSR count). The molecule has 0 saturated heterocycles. The molecule has 0 radical (unpaired) electrons. The van der Waals surface area contributed by atoms with Gasteiger partial charge in [-0.2, -0.15) is 0 Å². The predicted molar refractivity (Wildman–Crippen MR) is 63.7 cm³/mol. The van der Waals surface area contributed by atoms with Gasteiger partial charge in [-0.3, -0.25) is 0 Å². The topological polar surface area (TPSA) is 32.3 Å². The second kappa shape index (κ2) is 4.32. The summed E-state index contributed by atoms with van der Waals surface area (Å²) in [5, 5.41) is 12.4. The largest absolute Gasteiger partial charge is 0.394 e. The molecule has 3 heteroatoms. The first-order chi connectivity index (χ1) is 6.44. The number of aliphatic hydroxyl groups is 1. The third kappa shape index (κ3) is 3.00. The Labute approximate surface area is 93.5 Å². The van der Waals surface area contributed by atoms with Crippen LogP contribution >= 0.6 is 15.9 Å². The summed E-state index contributed by atoms with van der Waals surface area (Å²) in [4.78, 5) is 0. The van der Waals surface area contributed by atoms with Gasteiger partial charge < -0.3 is 10.4 Å². The Balaban J connectivity index is 2.87. The van der Waals surface area contributed by atoms with Crippen LogP contribution in [0.5, 0.6) is 0 Å². The van der Waals surface area contributed by atoms with Gasteiger partial charge in [-0.15, -0.1) is 0 Å². The Hall–Kier alpha value is -0.540. The number of aryl methyl sites for hydroxylation is 1. The lowest BCUT2D eigenvalue weighted by molar-refractivity contribution is 0.234. The molecule has 0 atom stereocenters. The highest BCUT2D eigenvalue weighted by Gasteiger charge is 2.16. The molecule has 78 valence electrons. The van der Waals surface area contributed by atoms with Gasteiger partial charge in [0.05, 0.1) is 12.1 Å². The predicted octanol–water partition coefficient (Wildman–Crippen LogP) is 2.94. The van der Waals surface area contributed by atoms with Crippen LogP contribution in [0, 0.1) is 6.92 Å². The van der Waals surface area contributed by atoms with Crippen molar-refractivity contribution in [2.24, 2.45) is 0 Å². The molecule has 2 N–H and O–H groups in total. The van der Waals surface area contributed by atoms with E-state index in [1.54, 1.807) is 0 Å². The number of rotatable bonds is 3. The maximum Gasteiger partial charge on any atom is 0.0656 e. The normalized spacial score (nSPS) is 11.5. The van der Waals surface area contributed by atoms with E-state index in [1.807, 2.05) is 32.9 Å². The minimum Gasteiger partial charge on any atom is -0.394 e. The summed E-state index contributed by atoms with van der Waals surface area (Å²) in [6, 6.07) is 6.10. The molecule has 14 heavy (non-hydrogen) atoms. The van der Waals surface area contributed by atoms with E-state index in [0.717, 1.165) is 10.2 Å². The number of nitrogens with one attached hydrogen (secondary N) is 1. The number of aliphatic hydroxyl groups excluding tert-OH is 1. The van der Waals surface area contributed by atoms with Crippen LogP contribution < -0.4 is 5.32 Å². The highest BCUT2D eigenvalue weighted by Crippen LogP contribution is 2.25. The summed E-state index contributed by atoms with van der Waals surface area (Å²) in [6.45, 7) is 6.07. The van der Waals surface area contributed by atoms with Gasteiger partial charge in [0.15, 0.2) is 0 Å². The van der Waals surface area contributed by atoms with E-state index in [9.17, 15) is 0 Å². The Morgan fingerprint density at radius 3 is 2.57 bits per heavy atom. The van der Waals surface area contributed by atoms with E-state index in [4.69, 9.17) is 5.11 Å². The quantitative estimate of drug-likeness (QED) is 0.873. The zero-order valence-corrected chi connectivity index (χ0v) is 10.4. The first-order valence-corrected chi connectivity index (χ1v) is 5.39. The van der Waals surface area contributed by atoms with Gasteiger partial charge in [-0.1, -0.05) is 6.07 Å². The average molecular weight is 258 g/mol. The fraction of sp³-hybridized carbons (Fsp3) is 0.455. The summed E-state index contributed by atoms with van der Waals surface area (Å²) >= 11 is 3.48. The van der Waals surface area contributed by atoms with Crippen LogP contribution in [0.4, 0.5) is 5.69 Å². The van der Waals surface area contributed by atoms with E-state index in [-0.39, 0.29) is 12.1 Å². The number of hydrogen-bond donors (Lipinski definition) is 2. The van der Waals surface area contributed by atoms with Gasteiger partial charge in [0.1, 0.15) is 0 Å². The fourth-order valence-corrected chi connectivity index (χ4v) is 1.72. The van der Waals surface area contributed by atoms with Crippen LogP contribution in [-0.4, -0.2) is 17.3 Å². The number of hydrogen-bond acceptors (Lipinski definition) is 2. The molecule has 0 aliphatic carbocycles. The van der Waals surface area contributed by atoms with Gasteiger partial charge in [-0.05, 0) is 54.4 Å². The summed E-state index contributed by atoms with van der Waals surface area (Å²) in [5.41, 5.74) is 1.93. The lowest BCUT2D eigenvalue weighted by Crippen LogP contribution is -2.35. The maximum absolute atomic E-state index is 9.12. The molecule has 0 saturated carbocycles. The van der Waals surface area contributed by atoms with Crippen LogP contribution in [0.25, 0.3) is 0 Å². The van der Waals surface area contributed by atoms with Crippen LogP contribution in [0.1, 0.15) is 19.4 Å². The molecule has 0 heterocycles. The van der Waals surface area contributed by atoms with E-state index < -0.39 is 0 Å². The maximum atomic E-state index is 9.12. The molecular formula is C11H16BrNO. The first-order valence-electron chi connectivity index (χ1n) is 4.60. The summed E-state index contributed by atoms with van der Waals surface area (Å²) in [5.74, 6) is 0. The average Bonchev–Trinajstić information content (AvgIpc) is 2.10. The minimum atomic E-state index is -0.294. The van der Waals surface area contributed by atoms with Crippen LogP contribution in [0.15, 0.2) is 22.7 Å². The Bertz CT molecular complexity index is 323. The number of anilines is 1. The molecule has 0 aliphatic rings. The van der Waals surface area contributed by atoms with Crippen molar-refractivity contribution in [2.45, 2.75) is 26.3 Å². The smallest absolute Gasteiger partial charge is 0.0656 e. The van der Waals surface area contributed by atoms with Gasteiger partial charge in [-0.25, -0.2) is 0 Å². The van der Waals surface area contributed by atoms with E-state index in [0.29, 0.717) is 0 Å². The molecule has 1 aromatic carbocycles. The molecule has 0 spiro atoms. The second-order valence-electron chi connectivity index (χ2n) is 4.15. The Morgan fingerprint density at radius 2 is 2.07 bits per heavy atom. The zero-order valence-electron chi connectivity index (χ0n) is 8.76. The summed E-state index contributed by atoms with van der Waals surface area (Å²) in [7, 11) is 0. The van der Waals surface area contributed by atoms with E-state index >= 15 is 0 Å². The van der Waals surface area contributed by atoms with Gasteiger partial charge in [0, 0.05) is 10.2 Å². The number of halogens is 1. The molecule has 0 amide bonds. The molecule has 0 bridgehead atoms. The molecule has 2 nitrogen and oxygen atoms in total. The first kappa shape index (κ1) is 11.5. The molecular weight excluding hydrogens is 242 g/mol. The van der Waals surface area contributed by atoms with Crippen molar-refractivity contribution in [2.75, 3.05) is 11.9 Å². The highest BCUT2D eigenvalue weighted by atomic mass is 79.9. The molecule has 0 fully saturated rings. The summed E-state index contributed by atoms with van der Waals surface area (Å²) in [6.07, 6.45) is 0. The lowest BCUT2D eigenvalue weighted by atomic mass is 10.1. The standard InChI is InChI=1S/C11H16BrNO/c1-8-4-5-10(9(12)6-8)13-11(2,3)7-14/h4-6,13-14H,7H2,1-3H3. The second-order valence-corrected chi connectivity index (χ2v) is 5.00. The van der Waals surface area contributed by atoms with Gasteiger partial charge in [0.25, 0.3) is 0 Å². The Kier molecular flexibility index (Phi) is 3.56. The fourth-order valence-electron chi connectivity index (χ4n) is 1.13. The van der Waals surface area contributed by atoms with E-state index in [2.05, 4.69) is 27.3 Å². The van der Waals surface area contributed by atoms with Crippen molar-refractivity contribution in [3.8, 4) is 0 Å². The third-order valence-electron chi connectivity index (χ3n) is 1.99. The number of benzene rings is 1. The summed E-state index contributed by atoms with van der Waals surface area (Å²) < 4.78 is 1.03. The zero-order chi connectivity index (χ0) is 10.8. The van der Waals surface area contributed by atoms with Crippen molar-refractivity contribution in [1.29, 1.82) is 0 Å². The molecule has 1 aromatic rings. The van der Waals surface area contributed by atoms with Gasteiger partial charge in [0.2, 0.25) is 0 Å². The highest BCUT2D eigenvalue weighted by molar-refractivity contribution is 9.10. The van der Waals surface area contributed by atoms with Gasteiger partial charge >= 0.3 is 0 Å². The van der Waals surface area contributed by atoms with Crippen LogP contribution in [0.3, 0.4) is 0 Å². The van der Waals surface area contributed by atoms with Crippen molar-refractivity contribution in [3.05, 3.63) is 28.2 Å². The van der Waals surface area contributed by atoms with Crippen molar-refractivity contribution < 1.29 is 5.11 Å². The van der Waals surface area contributed by atoms with E-state index in [1.165, 1.54) is 5.56 Å².